The molecule has 0 radical (unpaired) electrons. The maximum absolute atomic E-state index is 5.43. The molecule has 2 rings (SSSR count). The Bertz CT molecular complexity index is 587. The van der Waals surface area contributed by atoms with Crippen LogP contribution in [0.2, 0.25) is 0 Å². The molecule has 2 aromatic rings. The minimum absolute atomic E-state index is 0.398. The SMILES string of the molecule is CCCNc1nc(-c2occc2Br)nc(COC)c1Br. The number of aromatic nitrogens is 2. The molecule has 0 aliphatic carbocycles. The van der Waals surface area contributed by atoms with Gasteiger partial charge in [-0.25, -0.2) is 9.97 Å². The van der Waals surface area contributed by atoms with Crippen molar-refractivity contribution in [3.8, 4) is 11.6 Å². The smallest absolute Gasteiger partial charge is 0.199 e. The van der Waals surface area contributed by atoms with Crippen molar-refractivity contribution in [1.29, 1.82) is 0 Å². The summed E-state index contributed by atoms with van der Waals surface area (Å²) in [5.74, 6) is 1.87. The molecular weight excluding hydrogens is 390 g/mol. The van der Waals surface area contributed by atoms with E-state index in [4.69, 9.17) is 9.15 Å². The molecule has 0 bridgehead atoms. The van der Waals surface area contributed by atoms with Crippen molar-refractivity contribution >= 4 is 37.7 Å². The summed E-state index contributed by atoms with van der Waals surface area (Å²) in [4.78, 5) is 8.99. The van der Waals surface area contributed by atoms with Crippen LogP contribution >= 0.6 is 31.9 Å². The molecule has 0 fully saturated rings. The summed E-state index contributed by atoms with van der Waals surface area (Å²) < 4.78 is 12.2. The van der Waals surface area contributed by atoms with Crippen LogP contribution in [0.15, 0.2) is 25.7 Å². The predicted molar refractivity (Wildman–Crippen MR) is 84.6 cm³/mol. The Kier molecular flexibility index (Phi) is 5.56. The number of ether oxygens (including phenoxy) is 1. The van der Waals surface area contributed by atoms with Gasteiger partial charge in [0.05, 0.1) is 27.5 Å². The van der Waals surface area contributed by atoms with Crippen molar-refractivity contribution in [2.24, 2.45) is 0 Å². The van der Waals surface area contributed by atoms with E-state index in [2.05, 4.69) is 54.1 Å². The number of halogens is 2. The molecule has 7 heteroatoms. The van der Waals surface area contributed by atoms with Crippen LogP contribution in [-0.2, 0) is 11.3 Å². The van der Waals surface area contributed by atoms with Crippen molar-refractivity contribution < 1.29 is 9.15 Å². The molecule has 0 aromatic carbocycles. The molecule has 2 aromatic heterocycles. The second kappa shape index (κ2) is 7.19. The van der Waals surface area contributed by atoms with Gasteiger partial charge in [0.15, 0.2) is 11.6 Å². The number of rotatable bonds is 6. The van der Waals surface area contributed by atoms with Crippen LogP contribution in [0.4, 0.5) is 5.82 Å². The number of hydrogen-bond donors (Lipinski definition) is 1. The molecule has 0 aliphatic rings. The van der Waals surface area contributed by atoms with Gasteiger partial charge in [0.25, 0.3) is 0 Å². The van der Waals surface area contributed by atoms with E-state index in [1.807, 2.05) is 6.07 Å². The molecule has 0 saturated heterocycles. The van der Waals surface area contributed by atoms with Crippen LogP contribution in [0, 0.1) is 0 Å². The van der Waals surface area contributed by atoms with Gasteiger partial charge in [-0.1, -0.05) is 6.92 Å². The molecule has 0 aliphatic heterocycles. The van der Waals surface area contributed by atoms with E-state index in [1.165, 1.54) is 0 Å². The van der Waals surface area contributed by atoms with Crippen LogP contribution < -0.4 is 5.32 Å². The van der Waals surface area contributed by atoms with E-state index >= 15 is 0 Å². The van der Waals surface area contributed by atoms with Crippen molar-refractivity contribution in [1.82, 2.24) is 9.97 Å². The molecule has 0 spiro atoms. The Hall–Kier alpha value is -0.920. The molecule has 108 valence electrons. The first-order valence-electron chi connectivity index (χ1n) is 6.20. The average Bonchev–Trinajstić information content (AvgIpc) is 2.86. The third kappa shape index (κ3) is 3.39. The van der Waals surface area contributed by atoms with Crippen molar-refractivity contribution in [3.05, 3.63) is 27.0 Å². The van der Waals surface area contributed by atoms with E-state index in [-0.39, 0.29) is 0 Å². The first kappa shape index (κ1) is 15.5. The molecule has 0 amide bonds. The third-order valence-corrected chi connectivity index (χ3v) is 4.02. The zero-order valence-corrected chi connectivity index (χ0v) is 14.4. The lowest BCUT2D eigenvalue weighted by molar-refractivity contribution is 0.181. The van der Waals surface area contributed by atoms with Crippen LogP contribution in [-0.4, -0.2) is 23.6 Å². The predicted octanol–water partition coefficient (Wildman–Crippen LogP) is 4.23. The van der Waals surface area contributed by atoms with Gasteiger partial charge >= 0.3 is 0 Å². The first-order chi connectivity index (χ1) is 9.67. The molecule has 2 heterocycles. The van der Waals surface area contributed by atoms with Crippen LogP contribution in [0.5, 0.6) is 0 Å². The second-order valence-corrected chi connectivity index (χ2v) is 5.76. The maximum atomic E-state index is 5.43. The summed E-state index contributed by atoms with van der Waals surface area (Å²) in [6.07, 6.45) is 2.61. The summed E-state index contributed by atoms with van der Waals surface area (Å²) in [5, 5.41) is 3.27. The lowest BCUT2D eigenvalue weighted by Gasteiger charge is -2.11. The highest BCUT2D eigenvalue weighted by atomic mass is 79.9. The molecular formula is C13H15Br2N3O2. The fraction of sp³-hybridized carbons (Fsp3) is 0.385. The van der Waals surface area contributed by atoms with Gasteiger partial charge in [-0.3, -0.25) is 0 Å². The minimum atomic E-state index is 0.398. The van der Waals surface area contributed by atoms with Gasteiger partial charge in [0, 0.05) is 13.7 Å². The average molecular weight is 405 g/mol. The molecule has 0 atom stereocenters. The molecule has 1 N–H and O–H groups in total. The summed E-state index contributed by atoms with van der Waals surface area (Å²) in [6.45, 7) is 3.33. The van der Waals surface area contributed by atoms with E-state index in [1.54, 1.807) is 13.4 Å². The van der Waals surface area contributed by atoms with E-state index in [0.29, 0.717) is 18.2 Å². The molecule has 5 nitrogen and oxygen atoms in total. The van der Waals surface area contributed by atoms with E-state index < -0.39 is 0 Å². The molecule has 0 unspecified atom stereocenters. The Balaban J connectivity index is 2.46. The monoisotopic (exact) mass is 403 g/mol. The Morgan fingerprint density at radius 3 is 2.75 bits per heavy atom. The van der Waals surface area contributed by atoms with Gasteiger partial charge in [-0.05, 0) is 44.3 Å². The largest absolute Gasteiger partial charge is 0.460 e. The van der Waals surface area contributed by atoms with Crippen molar-refractivity contribution in [2.45, 2.75) is 20.0 Å². The number of nitrogens with one attached hydrogen (secondary N) is 1. The number of hydrogen-bond acceptors (Lipinski definition) is 5. The van der Waals surface area contributed by atoms with E-state index in [9.17, 15) is 0 Å². The van der Waals surface area contributed by atoms with Gasteiger partial charge in [0.1, 0.15) is 5.82 Å². The maximum Gasteiger partial charge on any atom is 0.199 e. The fourth-order valence-electron chi connectivity index (χ4n) is 1.64. The second-order valence-electron chi connectivity index (χ2n) is 4.11. The van der Waals surface area contributed by atoms with Gasteiger partial charge in [0.2, 0.25) is 0 Å². The van der Waals surface area contributed by atoms with Crippen LogP contribution in [0.1, 0.15) is 19.0 Å². The summed E-state index contributed by atoms with van der Waals surface area (Å²) >= 11 is 6.94. The number of anilines is 1. The van der Waals surface area contributed by atoms with Crippen molar-refractivity contribution in [2.75, 3.05) is 19.0 Å². The molecule has 0 saturated carbocycles. The lowest BCUT2D eigenvalue weighted by Crippen LogP contribution is -2.08. The topological polar surface area (TPSA) is 60.2 Å². The summed E-state index contributed by atoms with van der Waals surface area (Å²) in [6, 6.07) is 1.82. The summed E-state index contributed by atoms with van der Waals surface area (Å²) in [5.41, 5.74) is 0.777. The van der Waals surface area contributed by atoms with Crippen LogP contribution in [0.3, 0.4) is 0 Å². The number of furan rings is 1. The standard InChI is InChI=1S/C13H15Br2N3O2/c1-3-5-16-12-10(15)9(7-19-2)17-13(18-12)11-8(14)4-6-20-11/h4,6H,3,5,7H2,1-2H3,(H,16,17,18). The highest BCUT2D eigenvalue weighted by molar-refractivity contribution is 9.11. The highest BCUT2D eigenvalue weighted by Crippen LogP contribution is 2.31. The van der Waals surface area contributed by atoms with Gasteiger partial charge in [-0.2, -0.15) is 0 Å². The quantitative estimate of drug-likeness (QED) is 0.780. The molecule has 20 heavy (non-hydrogen) atoms. The highest BCUT2D eigenvalue weighted by Gasteiger charge is 2.16. The third-order valence-electron chi connectivity index (χ3n) is 2.56. The zero-order valence-electron chi connectivity index (χ0n) is 11.2. The fourth-order valence-corrected chi connectivity index (χ4v) is 2.45. The van der Waals surface area contributed by atoms with Crippen molar-refractivity contribution in [3.63, 3.8) is 0 Å². The normalized spacial score (nSPS) is 10.8. The Morgan fingerprint density at radius 1 is 1.35 bits per heavy atom. The van der Waals surface area contributed by atoms with Gasteiger partial charge in [-0.15, -0.1) is 0 Å². The van der Waals surface area contributed by atoms with E-state index in [0.717, 1.165) is 33.4 Å². The first-order valence-corrected chi connectivity index (χ1v) is 7.78. The Labute approximate surface area is 134 Å². The van der Waals surface area contributed by atoms with Crippen LogP contribution in [0.25, 0.3) is 11.6 Å². The number of nitrogens with zero attached hydrogens (tertiary/aromatic N) is 2. The summed E-state index contributed by atoms with van der Waals surface area (Å²) in [7, 11) is 1.64. The Morgan fingerprint density at radius 2 is 2.15 bits per heavy atom. The minimum Gasteiger partial charge on any atom is -0.460 e. The zero-order chi connectivity index (χ0) is 14.5. The van der Waals surface area contributed by atoms with Gasteiger partial charge < -0.3 is 14.5 Å². The lowest BCUT2D eigenvalue weighted by atomic mass is 10.3. The number of methoxy groups -OCH3 is 1.